The van der Waals surface area contributed by atoms with Gasteiger partial charge in [-0.25, -0.2) is 0 Å². The smallest absolute Gasteiger partial charge is 0.123 e. The number of hydrogen-bond donors (Lipinski definition) is 2. The second kappa shape index (κ2) is 5.46. The summed E-state index contributed by atoms with van der Waals surface area (Å²) in [6, 6.07) is 6.64. The number of rotatable bonds is 4. The van der Waals surface area contributed by atoms with Gasteiger partial charge in [0, 0.05) is 6.07 Å². The summed E-state index contributed by atoms with van der Waals surface area (Å²) >= 11 is 1.88. The Balaban J connectivity index is 1.82. The first-order valence-corrected chi connectivity index (χ1v) is 6.59. The van der Waals surface area contributed by atoms with Crippen molar-refractivity contribution in [3.8, 4) is 11.5 Å². The summed E-state index contributed by atoms with van der Waals surface area (Å²) in [5, 5.41) is 19.1. The number of ether oxygens (including phenoxy) is 1. The molecule has 1 aliphatic rings. The molecule has 3 nitrogen and oxygen atoms in total. The molecule has 2 unspecified atom stereocenters. The van der Waals surface area contributed by atoms with Crippen LogP contribution in [0.4, 0.5) is 0 Å². The predicted octanol–water partition coefficient (Wildman–Crippen LogP) is 1.89. The van der Waals surface area contributed by atoms with Gasteiger partial charge in [-0.1, -0.05) is 6.07 Å². The van der Waals surface area contributed by atoms with E-state index in [0.717, 1.165) is 17.9 Å². The lowest BCUT2D eigenvalue weighted by Gasteiger charge is -2.17. The highest BCUT2D eigenvalue weighted by molar-refractivity contribution is 7.99. The molecule has 0 saturated carbocycles. The van der Waals surface area contributed by atoms with E-state index in [1.165, 1.54) is 0 Å². The lowest BCUT2D eigenvalue weighted by atomic mass is 10.0. The zero-order chi connectivity index (χ0) is 11.4. The Hall–Kier alpha value is -0.870. The van der Waals surface area contributed by atoms with Crippen LogP contribution in [0.2, 0.25) is 0 Å². The SMILES string of the molecule is Oc1cccc(OCC(O)C2CCSC2)c1. The van der Waals surface area contributed by atoms with Crippen molar-refractivity contribution in [2.24, 2.45) is 5.92 Å². The molecule has 1 fully saturated rings. The third-order valence-electron chi connectivity index (χ3n) is 2.75. The molecule has 0 aliphatic carbocycles. The monoisotopic (exact) mass is 240 g/mol. The molecule has 4 heteroatoms. The third kappa shape index (κ3) is 3.06. The largest absolute Gasteiger partial charge is 0.508 e. The van der Waals surface area contributed by atoms with E-state index in [4.69, 9.17) is 4.74 Å². The fourth-order valence-corrected chi connectivity index (χ4v) is 3.07. The number of hydrogen-bond acceptors (Lipinski definition) is 4. The standard InChI is InChI=1S/C12H16O3S/c13-10-2-1-3-11(6-10)15-7-12(14)9-4-5-16-8-9/h1-3,6,9,12-14H,4-5,7-8H2. The van der Waals surface area contributed by atoms with Crippen LogP contribution in [-0.2, 0) is 0 Å². The second-order valence-corrected chi connectivity index (χ2v) is 5.15. The van der Waals surface area contributed by atoms with Gasteiger partial charge >= 0.3 is 0 Å². The maximum absolute atomic E-state index is 9.88. The first-order chi connectivity index (χ1) is 7.75. The summed E-state index contributed by atoms with van der Waals surface area (Å²) in [7, 11) is 0. The molecule has 0 radical (unpaired) electrons. The maximum Gasteiger partial charge on any atom is 0.123 e. The fraction of sp³-hybridized carbons (Fsp3) is 0.500. The van der Waals surface area contributed by atoms with Crippen molar-refractivity contribution in [3.63, 3.8) is 0 Å². The van der Waals surface area contributed by atoms with Crippen molar-refractivity contribution in [3.05, 3.63) is 24.3 Å². The van der Waals surface area contributed by atoms with E-state index in [1.807, 2.05) is 11.8 Å². The Morgan fingerprint density at radius 1 is 1.50 bits per heavy atom. The summed E-state index contributed by atoms with van der Waals surface area (Å²) in [5.74, 6) is 3.29. The molecule has 2 N–H and O–H groups in total. The van der Waals surface area contributed by atoms with Gasteiger partial charge in [-0.05, 0) is 36.0 Å². The van der Waals surface area contributed by atoms with Crippen molar-refractivity contribution in [1.29, 1.82) is 0 Å². The zero-order valence-corrected chi connectivity index (χ0v) is 9.82. The van der Waals surface area contributed by atoms with Crippen LogP contribution in [0.15, 0.2) is 24.3 Å². The van der Waals surface area contributed by atoms with Gasteiger partial charge in [0.15, 0.2) is 0 Å². The van der Waals surface area contributed by atoms with Crippen LogP contribution in [0.3, 0.4) is 0 Å². The highest BCUT2D eigenvalue weighted by Gasteiger charge is 2.23. The van der Waals surface area contributed by atoms with Gasteiger partial charge in [-0.15, -0.1) is 0 Å². The van der Waals surface area contributed by atoms with Gasteiger partial charge in [-0.3, -0.25) is 0 Å². The van der Waals surface area contributed by atoms with E-state index in [0.29, 0.717) is 18.3 Å². The van der Waals surface area contributed by atoms with Gasteiger partial charge in [0.2, 0.25) is 0 Å². The number of aliphatic hydroxyl groups excluding tert-OH is 1. The van der Waals surface area contributed by atoms with Crippen molar-refractivity contribution >= 4 is 11.8 Å². The summed E-state index contributed by atoms with van der Waals surface area (Å²) in [5.41, 5.74) is 0. The van der Waals surface area contributed by atoms with Crippen molar-refractivity contribution in [1.82, 2.24) is 0 Å². The van der Waals surface area contributed by atoms with E-state index < -0.39 is 6.10 Å². The van der Waals surface area contributed by atoms with Crippen LogP contribution in [0, 0.1) is 5.92 Å². The molecule has 1 aromatic rings. The Bertz CT molecular complexity index is 337. The molecule has 0 amide bonds. The number of benzene rings is 1. The van der Waals surface area contributed by atoms with Crippen LogP contribution >= 0.6 is 11.8 Å². The van der Waals surface area contributed by atoms with Gasteiger partial charge in [0.25, 0.3) is 0 Å². The number of aliphatic hydroxyl groups is 1. The van der Waals surface area contributed by atoms with Gasteiger partial charge < -0.3 is 14.9 Å². The molecular weight excluding hydrogens is 224 g/mol. The minimum atomic E-state index is -0.405. The van der Waals surface area contributed by atoms with E-state index >= 15 is 0 Å². The molecule has 1 heterocycles. The molecule has 1 aliphatic heterocycles. The molecule has 16 heavy (non-hydrogen) atoms. The predicted molar refractivity (Wildman–Crippen MR) is 65.0 cm³/mol. The van der Waals surface area contributed by atoms with Crippen molar-refractivity contribution in [2.75, 3.05) is 18.1 Å². The molecule has 0 bridgehead atoms. The summed E-state index contributed by atoms with van der Waals surface area (Å²) in [4.78, 5) is 0. The summed E-state index contributed by atoms with van der Waals surface area (Å²) < 4.78 is 5.44. The average molecular weight is 240 g/mol. The topological polar surface area (TPSA) is 49.7 Å². The van der Waals surface area contributed by atoms with Crippen LogP contribution in [0.1, 0.15) is 6.42 Å². The van der Waals surface area contributed by atoms with Gasteiger partial charge in [-0.2, -0.15) is 11.8 Å². The first-order valence-electron chi connectivity index (χ1n) is 5.43. The number of aromatic hydroxyl groups is 1. The second-order valence-electron chi connectivity index (χ2n) is 4.00. The van der Waals surface area contributed by atoms with Gasteiger partial charge in [0.05, 0.1) is 6.10 Å². The van der Waals surface area contributed by atoms with E-state index in [-0.39, 0.29) is 5.75 Å². The normalized spacial score (nSPS) is 21.9. The lowest BCUT2D eigenvalue weighted by Crippen LogP contribution is -2.27. The van der Waals surface area contributed by atoms with E-state index in [1.54, 1.807) is 24.3 Å². The molecule has 1 aromatic carbocycles. The lowest BCUT2D eigenvalue weighted by molar-refractivity contribution is 0.0662. The Labute approximate surface area is 99.4 Å². The molecule has 0 aromatic heterocycles. The Morgan fingerprint density at radius 3 is 3.06 bits per heavy atom. The van der Waals surface area contributed by atoms with Gasteiger partial charge in [0.1, 0.15) is 18.1 Å². The molecule has 2 rings (SSSR count). The number of phenols is 1. The number of thioether (sulfide) groups is 1. The van der Waals surface area contributed by atoms with Crippen LogP contribution < -0.4 is 4.74 Å². The zero-order valence-electron chi connectivity index (χ0n) is 9.00. The minimum Gasteiger partial charge on any atom is -0.508 e. The molecule has 1 saturated heterocycles. The Morgan fingerprint density at radius 2 is 2.38 bits per heavy atom. The highest BCUT2D eigenvalue weighted by Crippen LogP contribution is 2.27. The highest BCUT2D eigenvalue weighted by atomic mass is 32.2. The van der Waals surface area contributed by atoms with Crippen molar-refractivity contribution < 1.29 is 14.9 Å². The minimum absolute atomic E-state index is 0.184. The molecular formula is C12H16O3S. The summed E-state index contributed by atoms with van der Waals surface area (Å²) in [6.45, 7) is 0.300. The average Bonchev–Trinajstić information content (AvgIpc) is 2.79. The Kier molecular flexibility index (Phi) is 3.96. The number of phenolic OH excluding ortho intramolecular Hbond substituents is 1. The fourth-order valence-electron chi connectivity index (χ4n) is 1.75. The maximum atomic E-state index is 9.88. The van der Waals surface area contributed by atoms with Crippen LogP contribution in [-0.4, -0.2) is 34.4 Å². The quantitative estimate of drug-likeness (QED) is 0.843. The third-order valence-corrected chi connectivity index (χ3v) is 3.94. The molecule has 0 spiro atoms. The first kappa shape index (κ1) is 11.6. The van der Waals surface area contributed by atoms with Crippen LogP contribution in [0.25, 0.3) is 0 Å². The van der Waals surface area contributed by atoms with Crippen molar-refractivity contribution in [2.45, 2.75) is 12.5 Å². The van der Waals surface area contributed by atoms with E-state index in [2.05, 4.69) is 0 Å². The molecule has 88 valence electrons. The molecule has 2 atom stereocenters. The van der Waals surface area contributed by atoms with E-state index in [9.17, 15) is 10.2 Å². The summed E-state index contributed by atoms with van der Waals surface area (Å²) in [6.07, 6.45) is 0.659. The van der Waals surface area contributed by atoms with Crippen LogP contribution in [0.5, 0.6) is 11.5 Å².